The summed E-state index contributed by atoms with van der Waals surface area (Å²) < 4.78 is 61.1. The van der Waals surface area contributed by atoms with Gasteiger partial charge >= 0.3 is 33.6 Å². The molecule has 0 fully saturated rings. The zero-order valence-electron chi connectivity index (χ0n) is 62.2. The number of aliphatic hydroxyl groups excluding tert-OH is 2. The number of hydrogen-bond donors (Lipinski definition) is 4. The number of carbonyl (C=O) groups excluding carboxylic acids is 3. The lowest BCUT2D eigenvalue weighted by Gasteiger charge is -2.21. The summed E-state index contributed by atoms with van der Waals surface area (Å²) in [6.07, 6.45) is 95.0. The molecule has 0 saturated carbocycles. The molecule has 0 aromatic heterocycles. The number of aliphatic hydroxyl groups is 2. The minimum atomic E-state index is -4.95. The molecule has 0 aliphatic rings. The van der Waals surface area contributed by atoms with Crippen LogP contribution in [0.2, 0.25) is 0 Å². The largest absolute Gasteiger partial charge is 0.472 e. The monoisotopic (exact) mass is 1450 g/mol. The van der Waals surface area contributed by atoms with Crippen LogP contribution in [0.5, 0.6) is 0 Å². The average molecular weight is 1450 g/mol. The first-order valence-corrected chi connectivity index (χ1v) is 41.1. The van der Waals surface area contributed by atoms with Gasteiger partial charge in [-0.2, -0.15) is 0 Å². The van der Waals surface area contributed by atoms with E-state index < -0.39 is 91.5 Å². The van der Waals surface area contributed by atoms with Crippen molar-refractivity contribution < 1.29 is 75.8 Å². The summed E-state index contributed by atoms with van der Waals surface area (Å²) in [4.78, 5) is 58.6. The molecule has 4 N–H and O–H groups in total. The van der Waals surface area contributed by atoms with E-state index in [-0.39, 0.29) is 19.3 Å². The topological polar surface area (TPSA) is 231 Å². The van der Waals surface area contributed by atoms with Crippen molar-refractivity contribution in [2.24, 2.45) is 0 Å². The van der Waals surface area contributed by atoms with Gasteiger partial charge in [0, 0.05) is 19.3 Å². The minimum Gasteiger partial charge on any atom is -0.463 e. The van der Waals surface area contributed by atoms with E-state index in [4.69, 9.17) is 32.3 Å². The second-order valence-corrected chi connectivity index (χ2v) is 27.6. The van der Waals surface area contributed by atoms with Crippen molar-refractivity contribution in [1.29, 1.82) is 0 Å². The van der Waals surface area contributed by atoms with Crippen LogP contribution in [0.15, 0.2) is 182 Å². The fraction of sp³-hybridized carbons (Fsp3) is 0.602. The molecule has 5 atom stereocenters. The SMILES string of the molecule is CC/C=C\C/C=C\C/C=C\C/C=C\C/C=C\C/C=C\CCCCCCCCC(=O)OCC(O)COP(=O)(O)OCC(O)COP(=O)(O)OCC(COC(=O)CCCCCC/C=C\C/C=C\C/C=C\C/C=C\C/C=C\C/C=C\CC)OC(=O)CCCCCCCCC/C=C\C/C=C\C/C=C\CC. The van der Waals surface area contributed by atoms with Crippen molar-refractivity contribution in [3.8, 4) is 0 Å². The van der Waals surface area contributed by atoms with Gasteiger partial charge in [0.25, 0.3) is 0 Å². The second-order valence-electron chi connectivity index (χ2n) is 24.7. The number of phosphoric ester groups is 2. The highest BCUT2D eigenvalue weighted by molar-refractivity contribution is 7.47. The molecule has 0 radical (unpaired) electrons. The molecule has 0 rings (SSSR count). The van der Waals surface area contributed by atoms with Gasteiger partial charge < -0.3 is 34.2 Å². The van der Waals surface area contributed by atoms with Gasteiger partial charge in [0.1, 0.15) is 25.4 Å². The van der Waals surface area contributed by atoms with E-state index in [0.29, 0.717) is 19.3 Å². The van der Waals surface area contributed by atoms with Crippen LogP contribution >= 0.6 is 15.6 Å². The lowest BCUT2D eigenvalue weighted by Crippen LogP contribution is -2.30. The van der Waals surface area contributed by atoms with Crippen molar-refractivity contribution in [3.63, 3.8) is 0 Å². The van der Waals surface area contributed by atoms with Gasteiger partial charge in [-0.05, 0) is 154 Å². The second kappa shape index (κ2) is 74.4. The number of esters is 3. The molecular weight excluding hydrogens is 1310 g/mol. The predicted molar refractivity (Wildman–Crippen MR) is 417 cm³/mol. The van der Waals surface area contributed by atoms with Crippen LogP contribution in [0.25, 0.3) is 0 Å². The molecule has 0 amide bonds. The molecule has 0 aromatic carbocycles. The first kappa shape index (κ1) is 95.6. The molecule has 0 aliphatic carbocycles. The molecule has 0 saturated heterocycles. The number of carbonyl (C=O) groups is 3. The van der Waals surface area contributed by atoms with E-state index in [0.717, 1.165) is 205 Å². The first-order valence-electron chi connectivity index (χ1n) is 38.1. The summed E-state index contributed by atoms with van der Waals surface area (Å²) in [5, 5.41) is 20.6. The third kappa shape index (κ3) is 75.6. The van der Waals surface area contributed by atoms with Crippen LogP contribution in [0.3, 0.4) is 0 Å². The van der Waals surface area contributed by atoms with Gasteiger partial charge in [-0.15, -0.1) is 0 Å². The minimum absolute atomic E-state index is 0.0796. The number of phosphoric acid groups is 2. The fourth-order valence-electron chi connectivity index (χ4n) is 9.41. The molecule has 0 bridgehead atoms. The number of allylic oxidation sites excluding steroid dienone is 30. The van der Waals surface area contributed by atoms with Gasteiger partial charge in [-0.25, -0.2) is 9.13 Å². The van der Waals surface area contributed by atoms with Crippen molar-refractivity contribution in [2.45, 2.75) is 283 Å². The molecular formula is C83H134O16P2. The standard InChI is InChI=1S/C83H134O16P2/c1-4-7-10-13-16-19-22-25-28-31-33-35-37-38-40-42-43-46-48-51-54-57-60-63-66-69-81(86)93-72-78(84)73-95-100(89,90)96-74-79(85)75-97-101(91,92)98-77-80(99-83(88)71-68-65-62-59-56-53-50-45-30-27-24-21-18-15-12-9-6-3)76-94-82(87)70-67-64-61-58-55-52-49-47-44-41-39-36-34-32-29-26-23-20-17-14-11-8-5-2/h7-12,16-21,25-30,33-36,38,40-41,43-44,46,49,52,78-80,84-85H,4-6,13-15,22-24,31-32,37,39,42,45,47-48,50-51,53-77H2,1-3H3,(H,89,90)(H,91,92)/b10-7-,11-8-,12-9-,19-16-,20-17-,21-18-,28-25-,29-26-,30-27-,35-33-,36-34-,40-38-,44-41-,46-43-,52-49-. The van der Waals surface area contributed by atoms with E-state index in [1.165, 1.54) is 0 Å². The fourth-order valence-corrected chi connectivity index (χ4v) is 11.0. The van der Waals surface area contributed by atoms with Crippen molar-refractivity contribution in [3.05, 3.63) is 182 Å². The van der Waals surface area contributed by atoms with E-state index in [9.17, 15) is 43.5 Å². The molecule has 101 heavy (non-hydrogen) atoms. The summed E-state index contributed by atoms with van der Waals surface area (Å²) in [5.74, 6) is -1.64. The number of ether oxygens (including phenoxy) is 3. The van der Waals surface area contributed by atoms with Crippen LogP contribution in [0.1, 0.15) is 265 Å². The third-order valence-corrected chi connectivity index (χ3v) is 17.0. The zero-order chi connectivity index (χ0) is 73.7. The van der Waals surface area contributed by atoms with Crippen molar-refractivity contribution in [2.75, 3.05) is 39.6 Å². The molecule has 0 aromatic rings. The number of hydrogen-bond acceptors (Lipinski definition) is 14. The maximum Gasteiger partial charge on any atom is 0.472 e. The maximum atomic E-state index is 13.0. The molecule has 18 heteroatoms. The van der Waals surface area contributed by atoms with Gasteiger partial charge in [-0.1, -0.05) is 274 Å². The Morgan fingerprint density at radius 2 is 0.495 bits per heavy atom. The summed E-state index contributed by atoms with van der Waals surface area (Å²) in [5.41, 5.74) is 0. The van der Waals surface area contributed by atoms with E-state index in [1.807, 2.05) is 0 Å². The highest BCUT2D eigenvalue weighted by Crippen LogP contribution is 2.45. The summed E-state index contributed by atoms with van der Waals surface area (Å²) in [6, 6.07) is 0. The van der Waals surface area contributed by atoms with E-state index in [1.54, 1.807) is 0 Å². The lowest BCUT2D eigenvalue weighted by atomic mass is 10.1. The Balaban J connectivity index is 4.72. The highest BCUT2D eigenvalue weighted by Gasteiger charge is 2.29. The Bertz CT molecular complexity index is 2570. The van der Waals surface area contributed by atoms with Crippen LogP contribution in [0.4, 0.5) is 0 Å². The summed E-state index contributed by atoms with van der Waals surface area (Å²) in [7, 11) is -9.82. The molecule has 16 nitrogen and oxygen atoms in total. The Morgan fingerprint density at radius 1 is 0.277 bits per heavy atom. The third-order valence-electron chi connectivity index (χ3n) is 15.1. The summed E-state index contributed by atoms with van der Waals surface area (Å²) in [6.45, 7) is 2.26. The first-order chi connectivity index (χ1) is 49.2. The van der Waals surface area contributed by atoms with Crippen LogP contribution in [-0.4, -0.2) is 95.9 Å². The maximum absolute atomic E-state index is 13.0. The van der Waals surface area contributed by atoms with Crippen molar-refractivity contribution in [1.82, 2.24) is 0 Å². The summed E-state index contributed by atoms with van der Waals surface area (Å²) >= 11 is 0. The predicted octanol–water partition coefficient (Wildman–Crippen LogP) is 22.2. The Labute approximate surface area is 611 Å². The lowest BCUT2D eigenvalue weighted by molar-refractivity contribution is -0.161. The van der Waals surface area contributed by atoms with E-state index >= 15 is 0 Å². The molecule has 0 heterocycles. The van der Waals surface area contributed by atoms with Gasteiger partial charge in [0.05, 0.1) is 26.4 Å². The molecule has 572 valence electrons. The average Bonchev–Trinajstić information content (AvgIpc) is 0.946. The van der Waals surface area contributed by atoms with Crippen molar-refractivity contribution >= 4 is 33.6 Å². The Kier molecular flexibility index (Phi) is 70.4. The van der Waals surface area contributed by atoms with Gasteiger partial charge in [-0.3, -0.25) is 32.5 Å². The molecule has 0 spiro atoms. The van der Waals surface area contributed by atoms with Gasteiger partial charge in [0.2, 0.25) is 0 Å². The quantitative estimate of drug-likeness (QED) is 0.0146. The number of unbranched alkanes of at least 4 members (excludes halogenated alkanes) is 17. The van der Waals surface area contributed by atoms with Gasteiger partial charge in [0.15, 0.2) is 6.10 Å². The number of rotatable bonds is 70. The Morgan fingerprint density at radius 3 is 0.782 bits per heavy atom. The zero-order valence-corrected chi connectivity index (χ0v) is 64.0. The van der Waals surface area contributed by atoms with E-state index in [2.05, 4.69) is 203 Å². The smallest absolute Gasteiger partial charge is 0.463 e. The normalized spacial score (nSPS) is 15.0. The van der Waals surface area contributed by atoms with Crippen LogP contribution in [0, 0.1) is 0 Å². The molecule has 0 aliphatic heterocycles. The van der Waals surface area contributed by atoms with Crippen LogP contribution < -0.4 is 0 Å². The van der Waals surface area contributed by atoms with Crippen LogP contribution in [-0.2, 0) is 55.8 Å². The Hall–Kier alpha value is -5.35. The molecule has 5 unspecified atom stereocenters. The highest BCUT2D eigenvalue weighted by atomic mass is 31.2.